The van der Waals surface area contributed by atoms with E-state index in [1.807, 2.05) is 18.2 Å². The Balaban J connectivity index is 0.952. The number of pyridine rings is 1. The van der Waals surface area contributed by atoms with E-state index in [0.717, 1.165) is 49.0 Å². The van der Waals surface area contributed by atoms with Crippen LogP contribution in [-0.4, -0.2) is 21.1 Å². The summed E-state index contributed by atoms with van der Waals surface area (Å²) >= 11 is 2.55. The number of para-hydroxylation sites is 5. The van der Waals surface area contributed by atoms with Crippen molar-refractivity contribution in [2.45, 2.75) is 52.4 Å². The van der Waals surface area contributed by atoms with Crippen molar-refractivity contribution in [3.05, 3.63) is 245 Å². The van der Waals surface area contributed by atoms with E-state index in [-0.39, 0.29) is 17.8 Å². The molecule has 13 rings (SSSR count). The molecule has 11 aromatic rings. The first-order valence-electron chi connectivity index (χ1n) is 26.1. The molecule has 6 nitrogen and oxygen atoms in total. The van der Waals surface area contributed by atoms with Crippen LogP contribution in [0.15, 0.2) is 231 Å². The molecule has 0 fully saturated rings. The summed E-state index contributed by atoms with van der Waals surface area (Å²) < 4.78 is 12.7. The molecule has 2 aromatic heterocycles. The Labute approximate surface area is 456 Å². The van der Waals surface area contributed by atoms with Crippen LogP contribution in [0.4, 0.5) is 22.9 Å². The summed E-state index contributed by atoms with van der Waals surface area (Å²) in [5.74, 6) is 2.01. The van der Waals surface area contributed by atoms with Crippen LogP contribution in [0.1, 0.15) is 52.7 Å². The molecule has 9 aromatic carbocycles. The number of benzene rings is 9. The molecule has 0 atom stereocenters. The number of nitrogens with zero attached hydrogens (tertiary/aromatic N) is 5. The number of anilines is 4. The SMILES string of the molecule is CC(C)(C)c1cc(-c2ccccc2)cc(-c2cc(C(C)(C)C)cc(-c3ccccc3)c2-n2[c](=[Pt])n(-c3cccc(Oc4cccc(N5B6c7ccccc7-c7ccccc7N6c6ccccc65)n4)c3)c3ccccc32)c1. The van der Waals surface area contributed by atoms with E-state index < -0.39 is 0 Å². The Bertz CT molecular complexity index is 4110. The maximum absolute atomic E-state index is 6.85. The van der Waals surface area contributed by atoms with Crippen LogP contribution in [-0.2, 0) is 30.2 Å². The Morgan fingerprint density at radius 1 is 0.421 bits per heavy atom. The van der Waals surface area contributed by atoms with Gasteiger partial charge in [-0.1, -0.05) is 54.6 Å². The first-order valence-corrected chi connectivity index (χ1v) is 27.3. The molecule has 0 amide bonds. The molecular formula is C68H56BN5OPt. The number of rotatable bonds is 8. The van der Waals surface area contributed by atoms with Gasteiger partial charge in [-0.15, -0.1) is 0 Å². The first-order chi connectivity index (χ1) is 36.9. The summed E-state index contributed by atoms with van der Waals surface area (Å²) in [6.45, 7) is 13.8. The van der Waals surface area contributed by atoms with Gasteiger partial charge < -0.3 is 0 Å². The minimum atomic E-state index is -0.133. The summed E-state index contributed by atoms with van der Waals surface area (Å²) in [6.07, 6.45) is 0. The fourth-order valence-electron chi connectivity index (χ4n) is 11.3. The van der Waals surface area contributed by atoms with Crippen molar-refractivity contribution in [3.8, 4) is 67.5 Å². The average molecular weight is 1170 g/mol. The summed E-state index contributed by atoms with van der Waals surface area (Å²) in [5.41, 5.74) is 20.8. The quantitative estimate of drug-likeness (QED) is 0.142. The van der Waals surface area contributed by atoms with Crippen LogP contribution in [0.5, 0.6) is 11.6 Å². The van der Waals surface area contributed by atoms with E-state index in [1.165, 1.54) is 61.2 Å². The van der Waals surface area contributed by atoms with Gasteiger partial charge in [0.2, 0.25) is 0 Å². The molecule has 0 bridgehead atoms. The molecule has 2 aliphatic heterocycles. The summed E-state index contributed by atoms with van der Waals surface area (Å²) in [5, 5.41) is 0. The maximum atomic E-state index is 6.85. The van der Waals surface area contributed by atoms with Gasteiger partial charge in [0.25, 0.3) is 0 Å². The van der Waals surface area contributed by atoms with Gasteiger partial charge >= 0.3 is 376 Å². The Morgan fingerprint density at radius 3 is 1.68 bits per heavy atom. The average Bonchev–Trinajstić information content (AvgIpc) is 3.99. The van der Waals surface area contributed by atoms with Crippen LogP contribution in [0.3, 0.4) is 0 Å². The summed E-state index contributed by atoms with van der Waals surface area (Å²) in [6, 6.07) is 83.2. The van der Waals surface area contributed by atoms with Crippen molar-refractivity contribution >= 4 is 46.4 Å². The Kier molecular flexibility index (Phi) is 11.6. The molecule has 0 aliphatic carbocycles. The predicted molar refractivity (Wildman–Crippen MR) is 312 cm³/mol. The molecular weight excluding hydrogens is 1110 g/mol. The van der Waals surface area contributed by atoms with Crippen LogP contribution >= 0.6 is 0 Å². The number of fused-ring (bicyclic) bond motifs is 9. The van der Waals surface area contributed by atoms with E-state index in [1.54, 1.807) is 0 Å². The zero-order valence-electron chi connectivity index (χ0n) is 43.5. The van der Waals surface area contributed by atoms with Crippen LogP contribution in [0.2, 0.25) is 0 Å². The van der Waals surface area contributed by atoms with Crippen molar-refractivity contribution < 1.29 is 24.1 Å². The molecule has 4 heterocycles. The van der Waals surface area contributed by atoms with Crippen molar-refractivity contribution in [3.63, 3.8) is 0 Å². The molecule has 0 saturated heterocycles. The summed E-state index contributed by atoms with van der Waals surface area (Å²) in [4.78, 5) is 10.1. The van der Waals surface area contributed by atoms with Gasteiger partial charge in [0.15, 0.2) is 0 Å². The predicted octanol–water partition coefficient (Wildman–Crippen LogP) is 16.9. The third-order valence-corrected chi connectivity index (χ3v) is 16.1. The number of imidazole rings is 1. The second-order valence-corrected chi connectivity index (χ2v) is 23.0. The zero-order valence-corrected chi connectivity index (χ0v) is 45.7. The van der Waals surface area contributed by atoms with Crippen molar-refractivity contribution in [2.75, 3.05) is 9.62 Å². The normalized spacial score (nSPS) is 12.9. The molecule has 372 valence electrons. The number of aromatic nitrogens is 3. The summed E-state index contributed by atoms with van der Waals surface area (Å²) in [7, 11) is 0. The van der Waals surface area contributed by atoms with Gasteiger partial charge in [-0.3, -0.25) is 0 Å². The fourth-order valence-corrected chi connectivity index (χ4v) is 12.4. The standard InChI is InChI=1S/C68H56BN5O.Pt/c1-67(2,3)50-40-48(46-23-9-7-10-24-46)39-49(41-50)57-43-51(68(4,5)6)42-56(47-25-11-8-12-26-47)66(57)72-45-71(60-33-17-18-34-61(60)72)52-27-21-28-53(44-52)75-65-38-22-37-64(70-65)74-63-36-20-19-35-62(63)73-59-32-16-14-30-55(59)54-29-13-15-31-58(54)69(73)74;/h7-44H,1-6H3;. The van der Waals surface area contributed by atoms with Crippen molar-refractivity contribution in [2.24, 2.45) is 0 Å². The monoisotopic (exact) mass is 1160 g/mol. The fraction of sp³-hybridized carbons (Fsp3) is 0.118. The van der Waals surface area contributed by atoms with Gasteiger partial charge in [-0.05, 0) is 17.7 Å². The Hall–Kier alpha value is -8.25. The number of ether oxygens (including phenoxy) is 1. The third-order valence-electron chi connectivity index (χ3n) is 15.0. The van der Waals surface area contributed by atoms with E-state index in [0.29, 0.717) is 11.6 Å². The second kappa shape index (κ2) is 18.5. The van der Waals surface area contributed by atoms with Gasteiger partial charge in [-0.2, -0.15) is 0 Å². The molecule has 76 heavy (non-hydrogen) atoms. The van der Waals surface area contributed by atoms with Gasteiger partial charge in [0.05, 0.1) is 0 Å². The van der Waals surface area contributed by atoms with Crippen molar-refractivity contribution in [1.29, 1.82) is 0 Å². The molecule has 0 N–H and O–H groups in total. The van der Waals surface area contributed by atoms with Gasteiger partial charge in [0.1, 0.15) is 0 Å². The molecule has 8 heteroatoms. The van der Waals surface area contributed by atoms with E-state index >= 15 is 0 Å². The number of hydrogen-bond donors (Lipinski definition) is 0. The Morgan fingerprint density at radius 2 is 0.974 bits per heavy atom. The molecule has 0 spiro atoms. The van der Waals surface area contributed by atoms with Gasteiger partial charge in [0, 0.05) is 11.3 Å². The first kappa shape index (κ1) is 47.5. The van der Waals surface area contributed by atoms with Crippen LogP contribution in [0, 0.1) is 3.80 Å². The molecule has 0 radical (unpaired) electrons. The van der Waals surface area contributed by atoms with E-state index in [2.05, 4.69) is 292 Å². The van der Waals surface area contributed by atoms with Crippen LogP contribution < -0.4 is 19.8 Å². The van der Waals surface area contributed by atoms with E-state index in [4.69, 9.17) is 9.72 Å². The number of hydrogen-bond acceptors (Lipinski definition) is 4. The molecule has 0 saturated carbocycles. The van der Waals surface area contributed by atoms with Gasteiger partial charge in [-0.25, -0.2) is 0 Å². The topological polar surface area (TPSA) is 38.5 Å². The van der Waals surface area contributed by atoms with Crippen molar-refractivity contribution in [1.82, 2.24) is 14.1 Å². The zero-order chi connectivity index (χ0) is 51.9. The minimum absolute atomic E-state index is 0.0966. The van der Waals surface area contributed by atoms with E-state index in [9.17, 15) is 0 Å². The third kappa shape index (κ3) is 8.17. The molecule has 2 aliphatic rings. The van der Waals surface area contributed by atoms with Crippen LogP contribution in [0.25, 0.3) is 66.9 Å². The second-order valence-electron chi connectivity index (χ2n) is 22.0. The molecule has 0 unspecified atom stereocenters.